The maximum Gasteiger partial charge on any atom is 0.238 e. The largest absolute Gasteiger partial charge is 0.273 e. The van der Waals surface area contributed by atoms with Crippen molar-refractivity contribution in [1.82, 2.24) is 0 Å². The van der Waals surface area contributed by atoms with Crippen LogP contribution in [0.15, 0.2) is 24.3 Å². The summed E-state index contributed by atoms with van der Waals surface area (Å²) in [5, 5.41) is 1.14. The van der Waals surface area contributed by atoms with Crippen LogP contribution in [0.4, 0.5) is 5.69 Å². The summed E-state index contributed by atoms with van der Waals surface area (Å²) in [6, 6.07) is 7.64. The maximum atomic E-state index is 10.9. The predicted molar refractivity (Wildman–Crippen MR) is 53.2 cm³/mol. The van der Waals surface area contributed by atoms with Crippen molar-refractivity contribution in [2.75, 3.05) is 5.01 Å². The number of rotatable bonds is 2. The molecule has 1 amide bonds. The Kier molecular flexibility index (Phi) is 3.03. The fourth-order valence-corrected chi connectivity index (χ4v) is 1.07. The molecule has 0 radical (unpaired) electrons. The highest BCUT2D eigenvalue weighted by atomic mass is 16.2. The van der Waals surface area contributed by atoms with Crippen LogP contribution < -0.4 is 10.9 Å². The molecule has 1 aromatic rings. The second kappa shape index (κ2) is 4.05. The van der Waals surface area contributed by atoms with Crippen molar-refractivity contribution in [1.29, 1.82) is 0 Å². The van der Waals surface area contributed by atoms with Gasteiger partial charge in [0.15, 0.2) is 0 Å². The molecular formula is C10H14N2O. The number of hydrogen-bond donors (Lipinski definition) is 1. The first-order valence-corrected chi connectivity index (χ1v) is 4.29. The van der Waals surface area contributed by atoms with Gasteiger partial charge in [-0.25, -0.2) is 10.9 Å². The zero-order valence-electron chi connectivity index (χ0n) is 7.95. The standard InChI is InChI=1S/C10H14N2O/c1-3-9-4-6-10(7-5-9)12(11)8(2)13/h4-7H,3,11H2,1-2H3. The summed E-state index contributed by atoms with van der Waals surface area (Å²) >= 11 is 0. The molecule has 1 aromatic carbocycles. The highest BCUT2D eigenvalue weighted by molar-refractivity contribution is 5.90. The number of aryl methyl sites for hydroxylation is 1. The van der Waals surface area contributed by atoms with Crippen LogP contribution in [-0.4, -0.2) is 5.91 Å². The van der Waals surface area contributed by atoms with E-state index < -0.39 is 0 Å². The lowest BCUT2D eigenvalue weighted by atomic mass is 10.1. The van der Waals surface area contributed by atoms with Gasteiger partial charge in [-0.1, -0.05) is 19.1 Å². The van der Waals surface area contributed by atoms with Crippen LogP contribution in [-0.2, 0) is 11.2 Å². The van der Waals surface area contributed by atoms with Gasteiger partial charge < -0.3 is 0 Å². The fourth-order valence-electron chi connectivity index (χ4n) is 1.07. The van der Waals surface area contributed by atoms with Gasteiger partial charge in [0.2, 0.25) is 5.91 Å². The summed E-state index contributed by atoms with van der Waals surface area (Å²) in [6.45, 7) is 3.52. The molecule has 0 aliphatic carbocycles. The first kappa shape index (κ1) is 9.74. The van der Waals surface area contributed by atoms with Crippen LogP contribution in [0.1, 0.15) is 19.4 Å². The van der Waals surface area contributed by atoms with Crippen molar-refractivity contribution < 1.29 is 4.79 Å². The number of carbonyl (C=O) groups is 1. The van der Waals surface area contributed by atoms with Crippen molar-refractivity contribution in [2.24, 2.45) is 5.84 Å². The van der Waals surface area contributed by atoms with E-state index in [1.54, 1.807) is 0 Å². The molecule has 0 spiro atoms. The lowest BCUT2D eigenvalue weighted by Gasteiger charge is -2.14. The first-order valence-electron chi connectivity index (χ1n) is 4.29. The second-order valence-electron chi connectivity index (χ2n) is 2.91. The number of anilines is 1. The predicted octanol–water partition coefficient (Wildman–Crippen LogP) is 1.48. The Morgan fingerprint density at radius 3 is 2.31 bits per heavy atom. The molecule has 3 nitrogen and oxygen atoms in total. The van der Waals surface area contributed by atoms with E-state index >= 15 is 0 Å². The number of carbonyl (C=O) groups excluding carboxylic acids is 1. The number of amides is 1. The quantitative estimate of drug-likeness (QED) is 0.423. The average molecular weight is 178 g/mol. The number of benzene rings is 1. The highest BCUT2D eigenvalue weighted by Gasteiger charge is 2.04. The molecule has 1 rings (SSSR count). The molecule has 0 atom stereocenters. The molecule has 0 aliphatic rings. The van der Waals surface area contributed by atoms with Gasteiger partial charge >= 0.3 is 0 Å². The fraction of sp³-hybridized carbons (Fsp3) is 0.300. The molecule has 3 heteroatoms. The van der Waals surface area contributed by atoms with Gasteiger partial charge in [-0.05, 0) is 24.1 Å². The smallest absolute Gasteiger partial charge is 0.238 e. The molecule has 2 N–H and O–H groups in total. The Balaban J connectivity index is 2.85. The van der Waals surface area contributed by atoms with Crippen LogP contribution in [0.3, 0.4) is 0 Å². The Bertz CT molecular complexity index is 292. The van der Waals surface area contributed by atoms with Crippen molar-refractivity contribution in [3.05, 3.63) is 29.8 Å². The summed E-state index contributed by atoms with van der Waals surface area (Å²) in [4.78, 5) is 10.9. The second-order valence-corrected chi connectivity index (χ2v) is 2.91. The summed E-state index contributed by atoms with van der Waals surface area (Å²) in [7, 11) is 0. The molecule has 70 valence electrons. The summed E-state index contributed by atoms with van der Waals surface area (Å²) in [5.41, 5.74) is 1.96. The van der Waals surface area contributed by atoms with Gasteiger partial charge in [-0.3, -0.25) is 4.79 Å². The molecule has 0 unspecified atom stereocenters. The van der Waals surface area contributed by atoms with Gasteiger partial charge in [0.1, 0.15) is 0 Å². The average Bonchev–Trinajstić information content (AvgIpc) is 2.17. The Hall–Kier alpha value is -1.35. The molecule has 0 saturated heterocycles. The van der Waals surface area contributed by atoms with Crippen LogP contribution in [0, 0.1) is 0 Å². The number of hydrazine groups is 1. The number of nitrogens with zero attached hydrogens (tertiary/aromatic N) is 1. The molecule has 0 heterocycles. The Morgan fingerprint density at radius 2 is 1.92 bits per heavy atom. The van der Waals surface area contributed by atoms with Crippen LogP contribution >= 0.6 is 0 Å². The molecule has 0 fully saturated rings. The Morgan fingerprint density at radius 1 is 1.38 bits per heavy atom. The van der Waals surface area contributed by atoms with Crippen LogP contribution in [0.2, 0.25) is 0 Å². The molecular weight excluding hydrogens is 164 g/mol. The summed E-state index contributed by atoms with van der Waals surface area (Å²) < 4.78 is 0. The van der Waals surface area contributed by atoms with E-state index in [2.05, 4.69) is 6.92 Å². The van der Waals surface area contributed by atoms with E-state index in [0.717, 1.165) is 17.1 Å². The SMILES string of the molecule is CCc1ccc(N(N)C(C)=O)cc1. The van der Waals surface area contributed by atoms with E-state index in [1.165, 1.54) is 12.5 Å². The summed E-state index contributed by atoms with van der Waals surface area (Å²) in [5.74, 6) is 5.35. The minimum absolute atomic E-state index is 0.163. The zero-order chi connectivity index (χ0) is 9.84. The van der Waals surface area contributed by atoms with Gasteiger partial charge in [-0.15, -0.1) is 0 Å². The van der Waals surface area contributed by atoms with E-state index in [9.17, 15) is 4.79 Å². The lowest BCUT2D eigenvalue weighted by molar-refractivity contribution is -0.116. The topological polar surface area (TPSA) is 46.3 Å². The van der Waals surface area contributed by atoms with Gasteiger partial charge in [0.05, 0.1) is 5.69 Å². The van der Waals surface area contributed by atoms with E-state index in [0.29, 0.717) is 0 Å². The molecule has 0 saturated carbocycles. The summed E-state index contributed by atoms with van der Waals surface area (Å²) in [6.07, 6.45) is 0.991. The third-order valence-electron chi connectivity index (χ3n) is 1.96. The van der Waals surface area contributed by atoms with E-state index in [1.807, 2.05) is 24.3 Å². The van der Waals surface area contributed by atoms with Crippen molar-refractivity contribution in [3.63, 3.8) is 0 Å². The maximum absolute atomic E-state index is 10.9. The first-order chi connectivity index (χ1) is 6.15. The van der Waals surface area contributed by atoms with Gasteiger partial charge in [0, 0.05) is 6.92 Å². The minimum Gasteiger partial charge on any atom is -0.273 e. The molecule has 0 aromatic heterocycles. The van der Waals surface area contributed by atoms with Gasteiger partial charge in [0.25, 0.3) is 0 Å². The van der Waals surface area contributed by atoms with Gasteiger partial charge in [-0.2, -0.15) is 0 Å². The number of hydrogen-bond acceptors (Lipinski definition) is 2. The van der Waals surface area contributed by atoms with Crippen molar-refractivity contribution in [3.8, 4) is 0 Å². The zero-order valence-corrected chi connectivity index (χ0v) is 7.95. The van der Waals surface area contributed by atoms with Crippen LogP contribution in [0.5, 0.6) is 0 Å². The van der Waals surface area contributed by atoms with E-state index in [4.69, 9.17) is 5.84 Å². The Labute approximate surface area is 78.1 Å². The lowest BCUT2D eigenvalue weighted by Crippen LogP contribution is -2.35. The third-order valence-corrected chi connectivity index (χ3v) is 1.96. The molecule has 0 bridgehead atoms. The van der Waals surface area contributed by atoms with Crippen molar-refractivity contribution in [2.45, 2.75) is 20.3 Å². The number of nitrogens with two attached hydrogens (primary N) is 1. The molecule has 0 aliphatic heterocycles. The van der Waals surface area contributed by atoms with E-state index in [-0.39, 0.29) is 5.91 Å². The van der Waals surface area contributed by atoms with Crippen molar-refractivity contribution >= 4 is 11.6 Å². The minimum atomic E-state index is -0.163. The highest BCUT2D eigenvalue weighted by Crippen LogP contribution is 2.12. The third kappa shape index (κ3) is 2.29. The van der Waals surface area contributed by atoms with Crippen LogP contribution in [0.25, 0.3) is 0 Å². The monoisotopic (exact) mass is 178 g/mol. The normalized spacial score (nSPS) is 9.77. The molecule has 13 heavy (non-hydrogen) atoms.